The first-order chi connectivity index (χ1) is 14.2. The molecule has 0 radical (unpaired) electrons. The van der Waals surface area contributed by atoms with Crippen molar-refractivity contribution in [3.63, 3.8) is 0 Å². The molecule has 2 aromatic rings. The molecule has 9 heteroatoms. The molecule has 2 N–H and O–H groups in total. The fourth-order valence-electron chi connectivity index (χ4n) is 4.47. The predicted octanol–water partition coefficient (Wildman–Crippen LogP) is 1.66. The monoisotopic (exact) mass is 418 g/mol. The standard InChI is InChI=1S/C19H24N4O2S.CH2O2/c24-19(20-16-12-22-5-3-13(16)4-6-22)18-15-2-1-14(11-17(15)26-21-18)23-7-9-25-10-8-23;2-1-3/h1-2,11,13,16H,3-10,12H2,(H,20,24);1H,(H,2,3)/t16-;/m1./s1. The van der Waals surface area contributed by atoms with Crippen LogP contribution in [0.2, 0.25) is 0 Å². The van der Waals surface area contributed by atoms with Crippen molar-refractivity contribution in [1.29, 1.82) is 0 Å². The molecule has 0 aliphatic carbocycles. The van der Waals surface area contributed by atoms with Crippen molar-refractivity contribution < 1.29 is 19.4 Å². The molecule has 4 saturated heterocycles. The third-order valence-electron chi connectivity index (χ3n) is 6.02. The van der Waals surface area contributed by atoms with Crippen LogP contribution in [0.15, 0.2) is 18.2 Å². The molecule has 1 aromatic carbocycles. The van der Waals surface area contributed by atoms with Crippen molar-refractivity contribution in [3.8, 4) is 0 Å². The number of carboxylic acid groups (broad SMARTS) is 1. The molecule has 2 bridgehead atoms. The smallest absolute Gasteiger partial charge is 0.290 e. The van der Waals surface area contributed by atoms with Crippen LogP contribution < -0.4 is 10.2 Å². The van der Waals surface area contributed by atoms with Crippen LogP contribution in [0.5, 0.6) is 0 Å². The molecule has 4 aliphatic heterocycles. The number of piperidine rings is 3. The normalized spacial score (nSPS) is 25.9. The Hall–Kier alpha value is -2.23. The van der Waals surface area contributed by atoms with Gasteiger partial charge in [0.05, 0.1) is 17.9 Å². The maximum absolute atomic E-state index is 12.8. The van der Waals surface area contributed by atoms with Crippen molar-refractivity contribution in [2.45, 2.75) is 18.9 Å². The zero-order valence-corrected chi connectivity index (χ0v) is 17.1. The summed E-state index contributed by atoms with van der Waals surface area (Å²) >= 11 is 1.42. The lowest BCUT2D eigenvalue weighted by atomic mass is 9.84. The Morgan fingerprint density at radius 2 is 1.97 bits per heavy atom. The van der Waals surface area contributed by atoms with E-state index in [1.165, 1.54) is 43.2 Å². The number of fused-ring (bicyclic) bond motifs is 4. The van der Waals surface area contributed by atoms with Crippen LogP contribution in [0.4, 0.5) is 5.69 Å². The lowest BCUT2D eigenvalue weighted by Crippen LogP contribution is -2.57. The Kier molecular flexibility index (Phi) is 6.27. The van der Waals surface area contributed by atoms with Gasteiger partial charge in [0, 0.05) is 36.7 Å². The summed E-state index contributed by atoms with van der Waals surface area (Å²) in [6.07, 6.45) is 2.40. The van der Waals surface area contributed by atoms with Gasteiger partial charge < -0.3 is 25.0 Å². The number of carbonyl (C=O) groups excluding carboxylic acids is 1. The zero-order chi connectivity index (χ0) is 20.2. The van der Waals surface area contributed by atoms with E-state index in [-0.39, 0.29) is 18.4 Å². The summed E-state index contributed by atoms with van der Waals surface area (Å²) in [6, 6.07) is 6.58. The van der Waals surface area contributed by atoms with E-state index in [0.717, 1.165) is 42.9 Å². The minimum absolute atomic E-state index is 0.0193. The summed E-state index contributed by atoms with van der Waals surface area (Å²) < 4.78 is 11.0. The molecule has 1 atom stereocenters. The Labute approximate surface area is 173 Å². The first kappa shape index (κ1) is 20.1. The fraction of sp³-hybridized carbons (Fsp3) is 0.550. The van der Waals surface area contributed by atoms with Crippen LogP contribution in [0.25, 0.3) is 10.1 Å². The Morgan fingerprint density at radius 3 is 2.62 bits per heavy atom. The van der Waals surface area contributed by atoms with Crippen LogP contribution in [0, 0.1) is 5.92 Å². The highest BCUT2D eigenvalue weighted by Crippen LogP contribution is 2.30. The largest absolute Gasteiger partial charge is 0.483 e. The van der Waals surface area contributed by atoms with Gasteiger partial charge in [-0.3, -0.25) is 9.59 Å². The molecule has 6 rings (SSSR count). The average molecular weight is 419 g/mol. The number of nitrogens with zero attached hydrogens (tertiary/aromatic N) is 3. The van der Waals surface area contributed by atoms with Gasteiger partial charge in [0.15, 0.2) is 0 Å². The molecular weight excluding hydrogens is 392 g/mol. The van der Waals surface area contributed by atoms with E-state index in [9.17, 15) is 4.79 Å². The molecule has 4 aliphatic rings. The van der Waals surface area contributed by atoms with Gasteiger partial charge in [0.1, 0.15) is 5.69 Å². The summed E-state index contributed by atoms with van der Waals surface area (Å²) in [5, 5.41) is 11.1. The van der Waals surface area contributed by atoms with Crippen LogP contribution >= 0.6 is 11.5 Å². The number of nitrogens with one attached hydrogen (secondary N) is 1. The number of ether oxygens (including phenoxy) is 1. The summed E-state index contributed by atoms with van der Waals surface area (Å²) in [4.78, 5) is 26.0. The van der Waals surface area contributed by atoms with Gasteiger partial charge in [-0.05, 0) is 61.6 Å². The minimum Gasteiger partial charge on any atom is -0.483 e. The average Bonchev–Trinajstić information content (AvgIpc) is 3.19. The number of hydrogen-bond donors (Lipinski definition) is 2. The Morgan fingerprint density at radius 1 is 1.24 bits per heavy atom. The minimum atomic E-state index is -0.250. The first-order valence-corrected chi connectivity index (χ1v) is 10.8. The van der Waals surface area contributed by atoms with Crippen LogP contribution in [0.1, 0.15) is 23.3 Å². The van der Waals surface area contributed by atoms with E-state index in [1.807, 2.05) is 0 Å². The highest BCUT2D eigenvalue weighted by atomic mass is 32.1. The van der Waals surface area contributed by atoms with Gasteiger partial charge in [-0.25, -0.2) is 0 Å². The van der Waals surface area contributed by atoms with Crippen LogP contribution in [-0.2, 0) is 9.53 Å². The molecule has 1 amide bonds. The summed E-state index contributed by atoms with van der Waals surface area (Å²) in [6.45, 7) is 6.47. The molecule has 0 saturated carbocycles. The van der Waals surface area contributed by atoms with E-state index in [2.05, 4.69) is 37.7 Å². The number of benzene rings is 1. The lowest BCUT2D eigenvalue weighted by Gasteiger charge is -2.44. The van der Waals surface area contributed by atoms with Gasteiger partial charge in [-0.15, -0.1) is 0 Å². The number of hydrogen-bond acceptors (Lipinski definition) is 7. The lowest BCUT2D eigenvalue weighted by molar-refractivity contribution is -0.122. The predicted molar refractivity (Wildman–Crippen MR) is 112 cm³/mol. The zero-order valence-electron chi connectivity index (χ0n) is 16.2. The maximum Gasteiger partial charge on any atom is 0.290 e. The summed E-state index contributed by atoms with van der Waals surface area (Å²) in [7, 11) is 0. The van der Waals surface area contributed by atoms with Crippen molar-refractivity contribution in [3.05, 3.63) is 23.9 Å². The molecule has 156 valence electrons. The second-order valence-corrected chi connectivity index (χ2v) is 8.44. The van der Waals surface area contributed by atoms with Gasteiger partial charge in [0.2, 0.25) is 0 Å². The Bertz CT molecular complexity index is 859. The second kappa shape index (κ2) is 9.06. The highest BCUT2D eigenvalue weighted by Gasteiger charge is 2.35. The fourth-order valence-corrected chi connectivity index (χ4v) is 5.28. The van der Waals surface area contributed by atoms with E-state index in [0.29, 0.717) is 11.6 Å². The molecule has 0 spiro atoms. The van der Waals surface area contributed by atoms with E-state index in [1.54, 1.807) is 0 Å². The summed E-state index contributed by atoms with van der Waals surface area (Å²) in [5.41, 5.74) is 1.77. The number of rotatable bonds is 3. The van der Waals surface area contributed by atoms with E-state index >= 15 is 0 Å². The molecule has 29 heavy (non-hydrogen) atoms. The third-order valence-corrected chi connectivity index (χ3v) is 6.83. The quantitative estimate of drug-likeness (QED) is 0.732. The number of aromatic nitrogens is 1. The third kappa shape index (κ3) is 4.36. The van der Waals surface area contributed by atoms with E-state index < -0.39 is 0 Å². The topological polar surface area (TPSA) is 95.0 Å². The first-order valence-electron chi connectivity index (χ1n) is 10.0. The van der Waals surface area contributed by atoms with Crippen molar-refractivity contribution in [2.75, 3.05) is 50.8 Å². The molecule has 4 fully saturated rings. The van der Waals surface area contributed by atoms with Crippen molar-refractivity contribution in [2.24, 2.45) is 5.92 Å². The van der Waals surface area contributed by atoms with Gasteiger partial charge in [0.25, 0.3) is 12.4 Å². The molecule has 1 aromatic heterocycles. The van der Waals surface area contributed by atoms with Crippen molar-refractivity contribution in [1.82, 2.24) is 14.6 Å². The molecular formula is C20H26N4O4S. The van der Waals surface area contributed by atoms with E-state index in [4.69, 9.17) is 14.6 Å². The SMILES string of the molecule is O=C(N[C@@H]1CN2CCC1CC2)c1nsc2cc(N3CCOCC3)ccc12.O=CO. The maximum atomic E-state index is 12.8. The summed E-state index contributed by atoms with van der Waals surface area (Å²) in [5.74, 6) is 0.607. The van der Waals surface area contributed by atoms with Gasteiger partial charge in [-0.1, -0.05) is 0 Å². The van der Waals surface area contributed by atoms with Gasteiger partial charge in [-0.2, -0.15) is 4.37 Å². The number of carbonyl (C=O) groups is 2. The number of amides is 1. The molecule has 0 unspecified atom stereocenters. The highest BCUT2D eigenvalue weighted by molar-refractivity contribution is 7.13. The number of morpholine rings is 1. The van der Waals surface area contributed by atoms with Crippen LogP contribution in [-0.4, -0.2) is 78.7 Å². The second-order valence-electron chi connectivity index (χ2n) is 7.63. The molecule has 8 nitrogen and oxygen atoms in total. The van der Waals surface area contributed by atoms with Crippen molar-refractivity contribution >= 4 is 39.7 Å². The van der Waals surface area contributed by atoms with Crippen LogP contribution in [0.3, 0.4) is 0 Å². The number of anilines is 1. The molecule has 5 heterocycles. The van der Waals surface area contributed by atoms with Gasteiger partial charge >= 0.3 is 0 Å². The Balaban J connectivity index is 0.000000645.